The van der Waals surface area contributed by atoms with E-state index in [-0.39, 0.29) is 28.5 Å². The molecule has 0 aliphatic carbocycles. The molecule has 2 atom stereocenters. The maximum Gasteiger partial charge on any atom is 0.417 e. The van der Waals surface area contributed by atoms with Crippen LogP contribution in [0.3, 0.4) is 0 Å². The summed E-state index contributed by atoms with van der Waals surface area (Å²) in [5, 5.41) is 2.41. The van der Waals surface area contributed by atoms with Crippen LogP contribution in [-0.4, -0.2) is 17.8 Å². The number of nitrogens with one attached hydrogen (secondary N) is 1. The first-order chi connectivity index (χ1) is 15.2. The lowest BCUT2D eigenvalue weighted by atomic mass is 9.97. The molecule has 4 heterocycles. The molecule has 1 amide bonds. The second kappa shape index (κ2) is 7.56. The smallest absolute Gasteiger partial charge is 0.417 e. The number of carbonyl (C=O) groups is 2. The first kappa shape index (κ1) is 20.9. The summed E-state index contributed by atoms with van der Waals surface area (Å²) < 4.78 is 65.5. The van der Waals surface area contributed by atoms with Crippen molar-refractivity contribution in [1.82, 2.24) is 0 Å². The zero-order valence-electron chi connectivity index (χ0n) is 16.3. The zero-order chi connectivity index (χ0) is 22.6. The van der Waals surface area contributed by atoms with Gasteiger partial charge in [-0.05, 0) is 42.7 Å². The summed E-state index contributed by atoms with van der Waals surface area (Å²) in [5.41, 5.74) is -1.67. The van der Waals surface area contributed by atoms with Gasteiger partial charge in [0.25, 0.3) is 5.91 Å². The van der Waals surface area contributed by atoms with Gasteiger partial charge in [-0.25, -0.2) is 4.39 Å². The van der Waals surface area contributed by atoms with Gasteiger partial charge in [0.15, 0.2) is 5.76 Å². The first-order valence-corrected chi connectivity index (χ1v) is 10.6. The van der Waals surface area contributed by atoms with Crippen LogP contribution in [-0.2, 0) is 17.3 Å². The number of anilines is 1. The second-order valence-electron chi connectivity index (χ2n) is 7.60. The molecule has 2 aliphatic rings. The zero-order valence-corrected chi connectivity index (χ0v) is 17.1. The molecule has 1 aromatic carbocycles. The molecular weight excluding hydrogens is 450 g/mol. The second-order valence-corrected chi connectivity index (χ2v) is 8.65. The summed E-state index contributed by atoms with van der Waals surface area (Å²) in [4.78, 5) is 26.7. The number of ketones is 1. The topological polar surface area (TPSA) is 68.5 Å². The maximum absolute atomic E-state index is 14.3. The average Bonchev–Trinajstić information content (AvgIpc) is 3.47. The molecule has 5 nitrogen and oxygen atoms in total. The SMILES string of the molecule is O=C(Nc1sc2c(c1C(=O)c1ccco1)CC1CCC2O1)c1c(F)cccc1C(F)(F)F. The number of carbonyl (C=O) groups excluding carboxylic acids is 2. The Kier molecular flexibility index (Phi) is 4.94. The standard InChI is InChI=1S/C22H15F4NO4S/c23-13-4-1-3-12(22(24,25)26)17(13)20(29)27-21-16(18(28)14-5-2-8-30-14)11-9-10-6-7-15(31-10)19(11)32-21/h1-5,8,10,15H,6-7,9H2,(H,27,29). The van der Waals surface area contributed by atoms with Crippen molar-refractivity contribution in [3.05, 3.63) is 75.3 Å². The molecular formula is C22H15F4NO4S. The Morgan fingerprint density at radius 3 is 2.62 bits per heavy atom. The molecule has 10 heteroatoms. The Morgan fingerprint density at radius 2 is 1.91 bits per heavy atom. The highest BCUT2D eigenvalue weighted by Gasteiger charge is 2.41. The van der Waals surface area contributed by atoms with E-state index in [9.17, 15) is 27.2 Å². The van der Waals surface area contributed by atoms with E-state index in [1.165, 1.54) is 18.4 Å². The quantitative estimate of drug-likeness (QED) is 0.393. The summed E-state index contributed by atoms with van der Waals surface area (Å²) in [7, 11) is 0. The van der Waals surface area contributed by atoms with Crippen molar-refractivity contribution in [3.63, 3.8) is 0 Å². The van der Waals surface area contributed by atoms with Gasteiger partial charge < -0.3 is 14.5 Å². The minimum Gasteiger partial charge on any atom is -0.461 e. The summed E-state index contributed by atoms with van der Waals surface area (Å²) in [6.45, 7) is 0. The molecule has 32 heavy (non-hydrogen) atoms. The van der Waals surface area contributed by atoms with Gasteiger partial charge in [-0.1, -0.05) is 6.07 Å². The van der Waals surface area contributed by atoms with Crippen molar-refractivity contribution >= 4 is 28.0 Å². The lowest BCUT2D eigenvalue weighted by Crippen LogP contribution is -2.22. The number of amides is 1. The van der Waals surface area contributed by atoms with Crippen LogP contribution >= 0.6 is 11.3 Å². The number of fused-ring (bicyclic) bond motifs is 4. The van der Waals surface area contributed by atoms with Gasteiger partial charge in [-0.3, -0.25) is 9.59 Å². The fourth-order valence-electron chi connectivity index (χ4n) is 4.24. The number of benzene rings is 1. The molecule has 2 aromatic heterocycles. The number of furan rings is 1. The van der Waals surface area contributed by atoms with Crippen LogP contribution in [0.25, 0.3) is 0 Å². The van der Waals surface area contributed by atoms with E-state index in [0.29, 0.717) is 18.1 Å². The third kappa shape index (κ3) is 3.43. The fourth-order valence-corrected chi connectivity index (χ4v) is 5.53. The van der Waals surface area contributed by atoms with Gasteiger partial charge in [0.05, 0.1) is 35.2 Å². The highest BCUT2D eigenvalue weighted by Crippen LogP contribution is 2.49. The van der Waals surface area contributed by atoms with Gasteiger partial charge in [0.1, 0.15) is 10.8 Å². The molecule has 3 aromatic rings. The molecule has 0 radical (unpaired) electrons. The molecule has 1 N–H and O–H groups in total. The average molecular weight is 465 g/mol. The molecule has 2 aliphatic heterocycles. The molecule has 5 rings (SSSR count). The number of hydrogen-bond acceptors (Lipinski definition) is 5. The van der Waals surface area contributed by atoms with Gasteiger partial charge >= 0.3 is 6.18 Å². The summed E-state index contributed by atoms with van der Waals surface area (Å²) in [6.07, 6.45) is -1.92. The van der Waals surface area contributed by atoms with Crippen LogP contribution in [0.4, 0.5) is 22.6 Å². The lowest BCUT2D eigenvalue weighted by molar-refractivity contribution is -0.138. The Labute approximate surface area is 183 Å². The number of ether oxygens (including phenoxy) is 1. The van der Waals surface area contributed by atoms with Gasteiger partial charge in [-0.15, -0.1) is 11.3 Å². The Morgan fingerprint density at radius 1 is 1.09 bits per heavy atom. The molecule has 0 saturated carbocycles. The summed E-state index contributed by atoms with van der Waals surface area (Å²) in [5.74, 6) is -3.07. The molecule has 2 bridgehead atoms. The highest BCUT2D eigenvalue weighted by molar-refractivity contribution is 7.17. The van der Waals surface area contributed by atoms with Crippen molar-refractivity contribution in [2.75, 3.05) is 5.32 Å². The Hall–Kier alpha value is -2.98. The van der Waals surface area contributed by atoms with Gasteiger partial charge in [0.2, 0.25) is 5.78 Å². The van der Waals surface area contributed by atoms with Crippen LogP contribution in [0.2, 0.25) is 0 Å². The number of hydrogen-bond donors (Lipinski definition) is 1. The normalized spacial score (nSPS) is 19.6. The summed E-state index contributed by atoms with van der Waals surface area (Å²) >= 11 is 1.07. The van der Waals surface area contributed by atoms with E-state index in [0.717, 1.165) is 41.2 Å². The third-order valence-electron chi connectivity index (χ3n) is 5.62. The van der Waals surface area contributed by atoms with Crippen LogP contribution in [0.15, 0.2) is 41.0 Å². The van der Waals surface area contributed by atoms with E-state index < -0.39 is 34.8 Å². The van der Waals surface area contributed by atoms with Gasteiger partial charge in [-0.2, -0.15) is 13.2 Å². The van der Waals surface area contributed by atoms with Crippen LogP contribution in [0.5, 0.6) is 0 Å². The van der Waals surface area contributed by atoms with Crippen molar-refractivity contribution in [2.24, 2.45) is 0 Å². The number of alkyl halides is 3. The van der Waals surface area contributed by atoms with Gasteiger partial charge in [0, 0.05) is 11.3 Å². The lowest BCUT2D eigenvalue weighted by Gasteiger charge is -2.21. The largest absolute Gasteiger partial charge is 0.461 e. The van der Waals surface area contributed by atoms with Crippen molar-refractivity contribution < 1.29 is 36.3 Å². The van der Waals surface area contributed by atoms with Crippen molar-refractivity contribution in [1.29, 1.82) is 0 Å². The van der Waals surface area contributed by atoms with E-state index in [1.54, 1.807) is 0 Å². The van der Waals surface area contributed by atoms with E-state index in [2.05, 4.69) is 5.32 Å². The fraction of sp³-hybridized carbons (Fsp3) is 0.273. The summed E-state index contributed by atoms with van der Waals surface area (Å²) in [6, 6.07) is 5.31. The highest BCUT2D eigenvalue weighted by atomic mass is 32.1. The first-order valence-electron chi connectivity index (χ1n) is 9.80. The van der Waals surface area contributed by atoms with E-state index in [4.69, 9.17) is 9.15 Å². The minimum absolute atomic E-state index is 0.0295. The van der Waals surface area contributed by atoms with E-state index in [1.807, 2.05) is 0 Å². The maximum atomic E-state index is 14.3. The monoisotopic (exact) mass is 465 g/mol. The Bertz CT molecular complexity index is 1220. The molecule has 2 unspecified atom stereocenters. The number of thiophene rings is 1. The molecule has 1 fully saturated rings. The Balaban J connectivity index is 1.59. The van der Waals surface area contributed by atoms with Crippen molar-refractivity contribution in [3.8, 4) is 0 Å². The molecule has 166 valence electrons. The van der Waals surface area contributed by atoms with E-state index >= 15 is 0 Å². The number of rotatable bonds is 4. The third-order valence-corrected chi connectivity index (χ3v) is 6.85. The van der Waals surface area contributed by atoms with Crippen LogP contribution in [0, 0.1) is 5.82 Å². The van der Waals surface area contributed by atoms with Crippen molar-refractivity contribution in [2.45, 2.75) is 37.6 Å². The molecule has 0 spiro atoms. The predicted molar refractivity (Wildman–Crippen MR) is 106 cm³/mol. The van der Waals surface area contributed by atoms with Crippen LogP contribution in [0.1, 0.15) is 61.4 Å². The predicted octanol–water partition coefficient (Wildman–Crippen LogP) is 5.76. The van der Waals surface area contributed by atoms with Crippen LogP contribution < -0.4 is 5.32 Å². The minimum atomic E-state index is -4.93. The molecule has 1 saturated heterocycles. The number of halogens is 4.